The molecule has 2 amide bonds. The Morgan fingerprint density at radius 2 is 1.89 bits per heavy atom. The Morgan fingerprint density at radius 1 is 1.11 bits per heavy atom. The molecular weight excluding hydrogens is 400 g/mol. The number of aliphatic imine (C=N–C) groups is 1. The van der Waals surface area contributed by atoms with E-state index in [2.05, 4.69) is 4.99 Å². The van der Waals surface area contributed by atoms with Gasteiger partial charge >= 0.3 is 0 Å². The van der Waals surface area contributed by atoms with Gasteiger partial charge in [-0.2, -0.15) is 0 Å². The van der Waals surface area contributed by atoms with Crippen LogP contribution in [0.5, 0.6) is 0 Å². The van der Waals surface area contributed by atoms with Gasteiger partial charge in [0, 0.05) is 16.8 Å². The molecule has 28 heavy (non-hydrogen) atoms. The molecule has 6 nitrogen and oxygen atoms in total. The highest BCUT2D eigenvalue weighted by atomic mass is 35.5. The molecule has 0 bridgehead atoms. The van der Waals surface area contributed by atoms with E-state index >= 15 is 0 Å². The Kier molecular flexibility index (Phi) is 4.81. The van der Waals surface area contributed by atoms with Crippen molar-refractivity contribution >= 4 is 45.2 Å². The Balaban J connectivity index is 1.74. The molecule has 2 atom stereocenters. The minimum absolute atomic E-state index is 0.0109. The zero-order valence-electron chi connectivity index (χ0n) is 14.8. The van der Waals surface area contributed by atoms with Gasteiger partial charge in [-0.05, 0) is 36.2 Å². The number of amides is 2. The molecule has 0 unspecified atom stereocenters. The van der Waals surface area contributed by atoms with E-state index in [1.54, 1.807) is 48.5 Å². The van der Waals surface area contributed by atoms with Crippen LogP contribution in [0.2, 0.25) is 5.02 Å². The van der Waals surface area contributed by atoms with Crippen LogP contribution in [0, 0.1) is 0 Å². The number of halogens is 1. The van der Waals surface area contributed by atoms with Gasteiger partial charge in [0.2, 0.25) is 5.91 Å². The van der Waals surface area contributed by atoms with Crippen LogP contribution in [0.4, 0.5) is 5.69 Å². The summed E-state index contributed by atoms with van der Waals surface area (Å²) in [6.45, 7) is 0. The van der Waals surface area contributed by atoms with Crippen LogP contribution < -0.4 is 4.90 Å². The van der Waals surface area contributed by atoms with Crippen LogP contribution in [0.1, 0.15) is 28.3 Å². The maximum atomic E-state index is 13.2. The number of carbonyl (C=O) groups is 2. The average Bonchev–Trinajstić information content (AvgIpc) is 3.01. The largest absolute Gasteiger partial charge is 0.292 e. The highest BCUT2D eigenvalue weighted by Gasteiger charge is 2.39. The minimum atomic E-state index is -3.07. The quantitative estimate of drug-likeness (QED) is 0.569. The molecule has 1 fully saturated rings. The first-order valence-corrected chi connectivity index (χ1v) is 11.0. The molecule has 4 rings (SSSR count). The molecule has 2 aliphatic rings. The standard InChI is InChI=1S/C20H17ClN2O4S/c21-13-4-3-5-15(10-13)23-19(24)17-7-2-1-6-16(17)18(20(23)25)11-22-14-8-9-28(26,27)12-14/h1-7,10-11,14,18H,8-9,12H2/t14-,18-/m1/s1. The molecule has 0 aromatic heterocycles. The van der Waals surface area contributed by atoms with E-state index in [1.165, 1.54) is 6.21 Å². The Labute approximate surface area is 167 Å². The summed E-state index contributed by atoms with van der Waals surface area (Å²) in [5, 5.41) is 0.415. The number of benzene rings is 2. The zero-order valence-corrected chi connectivity index (χ0v) is 16.4. The second-order valence-corrected chi connectivity index (χ2v) is 9.54. The SMILES string of the molecule is O=C1c2ccccc2[C@@H](C=N[C@@H]2CCS(=O)(=O)C2)C(=O)N1c1cccc(Cl)c1. The molecule has 2 heterocycles. The van der Waals surface area contributed by atoms with E-state index in [0.29, 0.717) is 28.3 Å². The van der Waals surface area contributed by atoms with Crippen LogP contribution in [0.15, 0.2) is 53.5 Å². The summed E-state index contributed by atoms with van der Waals surface area (Å²) in [4.78, 5) is 31.6. The van der Waals surface area contributed by atoms with Crippen molar-refractivity contribution in [2.75, 3.05) is 16.4 Å². The van der Waals surface area contributed by atoms with Crippen LogP contribution in [0.25, 0.3) is 0 Å². The molecule has 2 aromatic carbocycles. The van der Waals surface area contributed by atoms with E-state index in [1.807, 2.05) is 0 Å². The lowest BCUT2D eigenvalue weighted by molar-refractivity contribution is -0.118. The van der Waals surface area contributed by atoms with Gasteiger partial charge in [-0.1, -0.05) is 35.9 Å². The first-order chi connectivity index (χ1) is 13.4. The van der Waals surface area contributed by atoms with Gasteiger partial charge in [-0.25, -0.2) is 13.3 Å². The second kappa shape index (κ2) is 7.14. The van der Waals surface area contributed by atoms with Gasteiger partial charge in [0.1, 0.15) is 0 Å². The Hall–Kier alpha value is -2.51. The topological polar surface area (TPSA) is 83.9 Å². The molecule has 0 aliphatic carbocycles. The number of imide groups is 1. The summed E-state index contributed by atoms with van der Waals surface area (Å²) in [6.07, 6.45) is 1.93. The predicted molar refractivity (Wildman–Crippen MR) is 108 cm³/mol. The number of sulfone groups is 1. The van der Waals surface area contributed by atoms with Gasteiger partial charge in [0.05, 0.1) is 29.2 Å². The molecule has 0 radical (unpaired) electrons. The van der Waals surface area contributed by atoms with Crippen molar-refractivity contribution < 1.29 is 18.0 Å². The normalized spacial score (nSPS) is 24.0. The highest BCUT2D eigenvalue weighted by Crippen LogP contribution is 2.33. The molecule has 0 N–H and O–H groups in total. The first kappa shape index (κ1) is 18.8. The molecular formula is C20H17ClN2O4S. The van der Waals surface area contributed by atoms with Crippen LogP contribution in [0.3, 0.4) is 0 Å². The molecule has 0 spiro atoms. The monoisotopic (exact) mass is 416 g/mol. The molecule has 0 saturated carbocycles. The smallest absolute Gasteiger partial charge is 0.265 e. The summed E-state index contributed by atoms with van der Waals surface area (Å²) in [5.41, 5.74) is 1.37. The van der Waals surface area contributed by atoms with Crippen molar-refractivity contribution in [3.8, 4) is 0 Å². The number of fused-ring (bicyclic) bond motifs is 1. The van der Waals surface area contributed by atoms with Crippen molar-refractivity contribution in [3.05, 3.63) is 64.7 Å². The number of hydrogen-bond acceptors (Lipinski definition) is 5. The number of anilines is 1. The van der Waals surface area contributed by atoms with Gasteiger partial charge in [-0.15, -0.1) is 0 Å². The Bertz CT molecular complexity index is 1100. The number of rotatable bonds is 3. The van der Waals surface area contributed by atoms with Gasteiger partial charge in [0.25, 0.3) is 5.91 Å². The molecule has 2 aromatic rings. The molecule has 2 aliphatic heterocycles. The molecule has 1 saturated heterocycles. The van der Waals surface area contributed by atoms with Crippen molar-refractivity contribution in [1.29, 1.82) is 0 Å². The fourth-order valence-corrected chi connectivity index (χ4v) is 5.38. The van der Waals surface area contributed by atoms with Crippen LogP contribution in [-0.2, 0) is 14.6 Å². The summed E-state index contributed by atoms with van der Waals surface area (Å²) in [7, 11) is -3.07. The van der Waals surface area contributed by atoms with Crippen molar-refractivity contribution in [2.24, 2.45) is 4.99 Å². The Morgan fingerprint density at radius 3 is 2.61 bits per heavy atom. The summed E-state index contributed by atoms with van der Waals surface area (Å²) in [6, 6.07) is 13.1. The van der Waals surface area contributed by atoms with Crippen LogP contribution >= 0.6 is 11.6 Å². The van der Waals surface area contributed by atoms with Crippen molar-refractivity contribution in [3.63, 3.8) is 0 Å². The lowest BCUT2D eigenvalue weighted by atomic mass is 9.89. The summed E-state index contributed by atoms with van der Waals surface area (Å²) in [5.74, 6) is -1.52. The van der Waals surface area contributed by atoms with E-state index in [-0.39, 0.29) is 17.5 Å². The van der Waals surface area contributed by atoms with Gasteiger partial charge in [0.15, 0.2) is 9.84 Å². The number of hydrogen-bond donors (Lipinski definition) is 0. The first-order valence-electron chi connectivity index (χ1n) is 8.82. The zero-order chi connectivity index (χ0) is 19.9. The lowest BCUT2D eigenvalue weighted by Crippen LogP contribution is -2.45. The van der Waals surface area contributed by atoms with E-state index < -0.39 is 27.6 Å². The summed E-state index contributed by atoms with van der Waals surface area (Å²) >= 11 is 6.04. The van der Waals surface area contributed by atoms with Crippen LogP contribution in [-0.4, -0.2) is 44.0 Å². The van der Waals surface area contributed by atoms with Gasteiger partial charge < -0.3 is 0 Å². The van der Waals surface area contributed by atoms with E-state index in [9.17, 15) is 18.0 Å². The minimum Gasteiger partial charge on any atom is -0.292 e. The van der Waals surface area contributed by atoms with E-state index in [4.69, 9.17) is 11.6 Å². The molecule has 144 valence electrons. The summed E-state index contributed by atoms with van der Waals surface area (Å²) < 4.78 is 23.3. The number of nitrogens with zero attached hydrogens (tertiary/aromatic N) is 2. The lowest BCUT2D eigenvalue weighted by Gasteiger charge is -2.31. The average molecular weight is 417 g/mol. The maximum absolute atomic E-state index is 13.2. The second-order valence-electron chi connectivity index (χ2n) is 6.88. The van der Waals surface area contributed by atoms with Crippen molar-refractivity contribution in [1.82, 2.24) is 0 Å². The van der Waals surface area contributed by atoms with Gasteiger partial charge in [-0.3, -0.25) is 14.6 Å². The highest BCUT2D eigenvalue weighted by molar-refractivity contribution is 7.91. The third-order valence-electron chi connectivity index (χ3n) is 4.94. The molecule has 8 heteroatoms. The third kappa shape index (κ3) is 3.47. The fourth-order valence-electron chi connectivity index (χ4n) is 3.56. The third-order valence-corrected chi connectivity index (χ3v) is 6.92. The maximum Gasteiger partial charge on any atom is 0.265 e. The predicted octanol–water partition coefficient (Wildman–Crippen LogP) is 2.87. The van der Waals surface area contributed by atoms with Crippen molar-refractivity contribution in [2.45, 2.75) is 18.4 Å². The van der Waals surface area contributed by atoms with E-state index in [0.717, 1.165) is 4.90 Å². The number of carbonyl (C=O) groups excluding carboxylic acids is 2. The fraction of sp³-hybridized carbons (Fsp3) is 0.250.